The van der Waals surface area contributed by atoms with Gasteiger partial charge in [-0.25, -0.2) is 8.42 Å². The quantitative estimate of drug-likeness (QED) is 0.431. The van der Waals surface area contributed by atoms with Crippen molar-refractivity contribution < 1.29 is 8.42 Å². The van der Waals surface area contributed by atoms with E-state index < -0.39 is 10.0 Å². The number of nitrogens with one attached hydrogen (secondary N) is 2. The van der Waals surface area contributed by atoms with Gasteiger partial charge < -0.3 is 11.1 Å². The number of H-pyrrole nitrogens is 1. The number of para-hydroxylation sites is 1. The Morgan fingerprint density at radius 1 is 1.13 bits per heavy atom. The fourth-order valence-electron chi connectivity index (χ4n) is 3.81. The van der Waals surface area contributed by atoms with Crippen LogP contribution in [0.2, 0.25) is 5.02 Å². The predicted octanol–water partition coefficient (Wildman–Crippen LogP) is 2.82. The molecule has 1 unspecified atom stereocenters. The molecule has 0 fully saturated rings. The van der Waals surface area contributed by atoms with Crippen molar-refractivity contribution in [1.29, 1.82) is 0 Å². The van der Waals surface area contributed by atoms with Crippen LogP contribution in [0.5, 0.6) is 0 Å². The van der Waals surface area contributed by atoms with E-state index in [0.717, 1.165) is 5.56 Å². The van der Waals surface area contributed by atoms with Crippen LogP contribution in [-0.4, -0.2) is 41.2 Å². The second-order valence-corrected chi connectivity index (χ2v) is 9.44. The number of anilines is 3. The van der Waals surface area contributed by atoms with E-state index in [4.69, 9.17) is 17.3 Å². The van der Waals surface area contributed by atoms with Gasteiger partial charge in [0.05, 0.1) is 34.9 Å². The van der Waals surface area contributed by atoms with Crippen LogP contribution in [0.1, 0.15) is 5.56 Å². The average Bonchev–Trinajstić information content (AvgIpc) is 3.22. The summed E-state index contributed by atoms with van der Waals surface area (Å²) in [6, 6.07) is 13.6. The zero-order valence-corrected chi connectivity index (χ0v) is 17.7. The Balaban J connectivity index is 1.56. The maximum absolute atomic E-state index is 13.5. The van der Waals surface area contributed by atoms with E-state index in [1.165, 1.54) is 10.4 Å². The van der Waals surface area contributed by atoms with E-state index >= 15 is 0 Å². The normalized spacial score (nSPS) is 16.3. The lowest BCUT2D eigenvalue weighted by atomic mass is 9.99. The minimum absolute atomic E-state index is 0.0654. The van der Waals surface area contributed by atoms with Crippen LogP contribution in [0, 0.1) is 0 Å². The van der Waals surface area contributed by atoms with Gasteiger partial charge in [0.2, 0.25) is 5.95 Å². The van der Waals surface area contributed by atoms with Crippen LogP contribution in [-0.2, 0) is 16.4 Å². The van der Waals surface area contributed by atoms with Crippen LogP contribution in [0.15, 0.2) is 59.6 Å². The van der Waals surface area contributed by atoms with Crippen molar-refractivity contribution in [3.8, 4) is 0 Å². The van der Waals surface area contributed by atoms with Gasteiger partial charge in [-0.05, 0) is 30.2 Å². The molecule has 0 amide bonds. The number of hydrogen-bond donors (Lipinski definition) is 3. The maximum Gasteiger partial charge on any atom is 0.265 e. The fraction of sp³-hybridized carbons (Fsp3) is 0.150. The zero-order chi connectivity index (χ0) is 21.6. The molecule has 2 aromatic heterocycles. The van der Waals surface area contributed by atoms with Crippen molar-refractivity contribution in [1.82, 2.24) is 20.2 Å². The summed E-state index contributed by atoms with van der Waals surface area (Å²) in [4.78, 5) is 8.47. The number of rotatable bonds is 4. The zero-order valence-electron chi connectivity index (χ0n) is 16.2. The number of nitrogen functional groups attached to an aromatic ring is 1. The first kappa shape index (κ1) is 19.6. The van der Waals surface area contributed by atoms with Gasteiger partial charge >= 0.3 is 0 Å². The molecule has 0 saturated heterocycles. The lowest BCUT2D eigenvalue weighted by Crippen LogP contribution is -2.45. The van der Waals surface area contributed by atoms with Gasteiger partial charge in [0.1, 0.15) is 10.7 Å². The Labute approximate surface area is 183 Å². The van der Waals surface area contributed by atoms with Crippen LogP contribution in [0.25, 0.3) is 11.0 Å². The van der Waals surface area contributed by atoms with E-state index in [1.807, 2.05) is 18.2 Å². The number of halogens is 1. The molecule has 3 heterocycles. The third-order valence-electron chi connectivity index (χ3n) is 5.19. The number of aromatic amines is 1. The summed E-state index contributed by atoms with van der Waals surface area (Å²) in [5.41, 5.74) is 7.86. The van der Waals surface area contributed by atoms with Crippen LogP contribution < -0.4 is 15.4 Å². The summed E-state index contributed by atoms with van der Waals surface area (Å²) < 4.78 is 28.5. The van der Waals surface area contributed by atoms with E-state index in [2.05, 4.69) is 25.5 Å². The highest BCUT2D eigenvalue weighted by Crippen LogP contribution is 2.35. The summed E-state index contributed by atoms with van der Waals surface area (Å²) in [7, 11) is -3.89. The Morgan fingerprint density at radius 3 is 2.74 bits per heavy atom. The van der Waals surface area contributed by atoms with Crippen molar-refractivity contribution in [2.75, 3.05) is 21.9 Å². The number of aromatic nitrogens is 4. The predicted molar refractivity (Wildman–Crippen MR) is 120 cm³/mol. The molecular formula is C20H18ClN7O2S. The molecule has 0 radical (unpaired) electrons. The van der Waals surface area contributed by atoms with E-state index in [1.54, 1.807) is 30.5 Å². The van der Waals surface area contributed by atoms with Gasteiger partial charge in [-0.2, -0.15) is 15.1 Å². The number of hydrogen-bond acceptors (Lipinski definition) is 7. The first-order chi connectivity index (χ1) is 14.9. The smallest absolute Gasteiger partial charge is 0.265 e. The van der Waals surface area contributed by atoms with Gasteiger partial charge in [0.15, 0.2) is 5.65 Å². The van der Waals surface area contributed by atoms with E-state index in [0.29, 0.717) is 29.0 Å². The average molecular weight is 456 g/mol. The monoisotopic (exact) mass is 455 g/mol. The SMILES string of the molecule is Nc1nc(NC2Cc3ccccc3N(S(=O)(=O)c3ccccc3Cl)C2)c2cn[nH]c2n1. The van der Waals surface area contributed by atoms with Gasteiger partial charge in [0.25, 0.3) is 10.0 Å². The highest BCUT2D eigenvalue weighted by atomic mass is 35.5. The minimum Gasteiger partial charge on any atom is -0.368 e. The van der Waals surface area contributed by atoms with Gasteiger partial charge in [-0.15, -0.1) is 0 Å². The molecule has 0 spiro atoms. The second kappa shape index (κ2) is 7.40. The van der Waals surface area contributed by atoms with Crippen LogP contribution in [0.3, 0.4) is 0 Å². The number of nitrogens with two attached hydrogens (primary N) is 1. The second-order valence-electron chi connectivity index (χ2n) is 7.20. The first-order valence-corrected chi connectivity index (χ1v) is 11.3. The Bertz CT molecular complexity index is 1390. The van der Waals surface area contributed by atoms with Crippen molar-refractivity contribution in [2.24, 2.45) is 0 Å². The molecule has 4 N–H and O–H groups in total. The van der Waals surface area contributed by atoms with Crippen molar-refractivity contribution in [2.45, 2.75) is 17.4 Å². The lowest BCUT2D eigenvalue weighted by Gasteiger charge is -2.36. The number of nitrogens with zero attached hydrogens (tertiary/aromatic N) is 4. The van der Waals surface area contributed by atoms with E-state index in [9.17, 15) is 8.42 Å². The number of benzene rings is 2. The maximum atomic E-state index is 13.5. The van der Waals surface area contributed by atoms with Crippen molar-refractivity contribution in [3.05, 3.63) is 65.3 Å². The Hall–Kier alpha value is -3.37. The molecule has 1 aliphatic rings. The van der Waals surface area contributed by atoms with Crippen LogP contribution >= 0.6 is 11.6 Å². The van der Waals surface area contributed by atoms with Crippen LogP contribution in [0.4, 0.5) is 17.5 Å². The van der Waals surface area contributed by atoms with E-state index in [-0.39, 0.29) is 28.5 Å². The summed E-state index contributed by atoms with van der Waals surface area (Å²) in [6.07, 6.45) is 2.21. The largest absolute Gasteiger partial charge is 0.368 e. The first-order valence-electron chi connectivity index (χ1n) is 9.52. The summed E-state index contributed by atoms with van der Waals surface area (Å²) in [6.45, 7) is 0.188. The minimum atomic E-state index is -3.89. The summed E-state index contributed by atoms with van der Waals surface area (Å²) in [5, 5.41) is 10.9. The highest BCUT2D eigenvalue weighted by molar-refractivity contribution is 7.93. The number of fused-ring (bicyclic) bond motifs is 2. The highest BCUT2D eigenvalue weighted by Gasteiger charge is 2.34. The molecule has 1 aliphatic heterocycles. The fourth-order valence-corrected chi connectivity index (χ4v) is 5.85. The van der Waals surface area contributed by atoms with Crippen molar-refractivity contribution in [3.63, 3.8) is 0 Å². The van der Waals surface area contributed by atoms with Crippen molar-refractivity contribution >= 4 is 50.1 Å². The van der Waals surface area contributed by atoms with Gasteiger partial charge in [-0.3, -0.25) is 9.40 Å². The Morgan fingerprint density at radius 2 is 1.90 bits per heavy atom. The molecule has 0 saturated carbocycles. The summed E-state index contributed by atoms with van der Waals surface area (Å²) >= 11 is 6.23. The molecule has 5 rings (SSSR count). The molecular weight excluding hydrogens is 438 g/mol. The third-order valence-corrected chi connectivity index (χ3v) is 7.46. The molecule has 4 aromatic rings. The molecule has 2 aromatic carbocycles. The molecule has 1 atom stereocenters. The van der Waals surface area contributed by atoms with Gasteiger partial charge in [-0.1, -0.05) is 41.9 Å². The summed E-state index contributed by atoms with van der Waals surface area (Å²) in [5.74, 6) is 0.590. The molecule has 11 heteroatoms. The molecule has 0 aliphatic carbocycles. The van der Waals surface area contributed by atoms with Gasteiger partial charge in [0, 0.05) is 0 Å². The molecule has 9 nitrogen and oxygen atoms in total. The topological polar surface area (TPSA) is 130 Å². The standard InChI is InChI=1S/C20H18ClN7O2S/c21-15-6-2-4-8-17(15)31(29,30)28-11-13(9-12-5-1-3-7-16(12)28)24-18-14-10-23-27-19(14)26-20(22)25-18/h1-8,10,13H,9,11H2,(H4,22,23,24,25,26,27). The third kappa shape index (κ3) is 3.43. The molecule has 0 bridgehead atoms. The molecule has 158 valence electrons. The molecule has 31 heavy (non-hydrogen) atoms. The lowest BCUT2D eigenvalue weighted by molar-refractivity contribution is 0.581. The Kier molecular flexibility index (Phi) is 4.67. The number of sulfonamides is 1.